The summed E-state index contributed by atoms with van der Waals surface area (Å²) in [6.45, 7) is 4.51. The molecule has 174 valence electrons. The van der Waals surface area contributed by atoms with Crippen molar-refractivity contribution in [3.63, 3.8) is 0 Å². The van der Waals surface area contributed by atoms with Crippen molar-refractivity contribution >= 4 is 17.6 Å². The fraction of sp³-hybridized carbons (Fsp3) is 0.423. The molecule has 1 amide bonds. The van der Waals surface area contributed by atoms with Gasteiger partial charge in [0, 0.05) is 23.4 Å². The second kappa shape index (κ2) is 10.9. The van der Waals surface area contributed by atoms with Crippen molar-refractivity contribution in [3.8, 4) is 11.8 Å². The number of hydrogen-bond acceptors (Lipinski definition) is 5. The Bertz CT molecular complexity index is 1050. The Kier molecular flexibility index (Phi) is 7.94. The number of carboxylic acids is 1. The van der Waals surface area contributed by atoms with Crippen molar-refractivity contribution < 1.29 is 19.4 Å². The number of hydrogen-bond donors (Lipinski definition) is 3. The molecule has 1 aliphatic rings. The van der Waals surface area contributed by atoms with E-state index in [1.165, 1.54) is 0 Å². The molecule has 0 spiro atoms. The second-order valence-corrected chi connectivity index (χ2v) is 8.73. The molecule has 0 aromatic heterocycles. The van der Waals surface area contributed by atoms with Crippen LogP contribution in [0.1, 0.15) is 65.7 Å². The summed E-state index contributed by atoms with van der Waals surface area (Å²) >= 11 is 0. The first-order valence-electron chi connectivity index (χ1n) is 11.3. The lowest BCUT2D eigenvalue weighted by Gasteiger charge is -2.26. The van der Waals surface area contributed by atoms with Crippen LogP contribution >= 0.6 is 0 Å². The number of carbonyl (C=O) groups is 2. The summed E-state index contributed by atoms with van der Waals surface area (Å²) in [5, 5.41) is 24.8. The maximum Gasteiger partial charge on any atom is 0.306 e. The normalized spacial score (nSPS) is 18.6. The molecule has 3 rings (SSSR count). The molecule has 0 bridgehead atoms. The number of anilines is 1. The molecule has 1 saturated carbocycles. The second-order valence-electron chi connectivity index (χ2n) is 8.73. The summed E-state index contributed by atoms with van der Waals surface area (Å²) in [7, 11) is 1.61. The zero-order valence-corrected chi connectivity index (χ0v) is 19.4. The Morgan fingerprint density at radius 1 is 1.18 bits per heavy atom. The number of nitrogens with zero attached hydrogens (tertiary/aromatic N) is 1. The summed E-state index contributed by atoms with van der Waals surface area (Å²) in [5.74, 6) is -0.0513. The van der Waals surface area contributed by atoms with Crippen LogP contribution in [0.3, 0.4) is 0 Å². The van der Waals surface area contributed by atoms with Gasteiger partial charge in [-0.2, -0.15) is 5.26 Å². The Labute approximate surface area is 194 Å². The number of methoxy groups -OCH3 is 1. The third-order valence-electron chi connectivity index (χ3n) is 6.43. The lowest BCUT2D eigenvalue weighted by molar-refractivity contribution is -0.143. The number of rotatable bonds is 8. The lowest BCUT2D eigenvalue weighted by atomic mass is 9.82. The highest BCUT2D eigenvalue weighted by Crippen LogP contribution is 2.31. The number of carbonyl (C=O) groups excluding carboxylic acids is 1. The fourth-order valence-corrected chi connectivity index (χ4v) is 4.37. The Morgan fingerprint density at radius 3 is 2.52 bits per heavy atom. The van der Waals surface area contributed by atoms with Crippen molar-refractivity contribution in [1.82, 2.24) is 5.32 Å². The summed E-state index contributed by atoms with van der Waals surface area (Å²) in [5.41, 5.74) is 3.88. The average molecular weight is 450 g/mol. The maximum absolute atomic E-state index is 12.6. The zero-order valence-electron chi connectivity index (χ0n) is 19.4. The first-order chi connectivity index (χ1) is 15.8. The minimum absolute atomic E-state index is 0.104. The van der Waals surface area contributed by atoms with Crippen molar-refractivity contribution in [2.75, 3.05) is 19.0 Å². The van der Waals surface area contributed by atoms with Crippen LogP contribution in [0.4, 0.5) is 5.69 Å². The molecule has 0 heterocycles. The highest BCUT2D eigenvalue weighted by molar-refractivity contribution is 5.94. The number of benzene rings is 2. The van der Waals surface area contributed by atoms with Crippen molar-refractivity contribution in [2.24, 2.45) is 11.8 Å². The molecule has 7 heteroatoms. The number of aryl methyl sites for hydroxylation is 1. The molecule has 0 saturated heterocycles. The molecule has 1 unspecified atom stereocenters. The monoisotopic (exact) mass is 449 g/mol. The molecule has 0 radical (unpaired) electrons. The molecule has 7 nitrogen and oxygen atoms in total. The van der Waals surface area contributed by atoms with E-state index in [9.17, 15) is 14.9 Å². The van der Waals surface area contributed by atoms with Crippen LogP contribution in [0, 0.1) is 30.1 Å². The largest absolute Gasteiger partial charge is 0.496 e. The number of ether oxygens (including phenoxy) is 1. The van der Waals surface area contributed by atoms with Crippen LogP contribution in [0.2, 0.25) is 0 Å². The van der Waals surface area contributed by atoms with E-state index in [1.54, 1.807) is 25.3 Å². The third-order valence-corrected chi connectivity index (χ3v) is 6.43. The van der Waals surface area contributed by atoms with Gasteiger partial charge >= 0.3 is 5.97 Å². The maximum atomic E-state index is 12.6. The number of nitrogens with one attached hydrogen (secondary N) is 2. The molecule has 33 heavy (non-hydrogen) atoms. The van der Waals surface area contributed by atoms with Crippen LogP contribution in [-0.4, -0.2) is 30.6 Å². The molecule has 1 atom stereocenters. The van der Waals surface area contributed by atoms with Gasteiger partial charge in [-0.1, -0.05) is 0 Å². The minimum atomic E-state index is -0.716. The van der Waals surface area contributed by atoms with Gasteiger partial charge in [0.05, 0.1) is 30.7 Å². The van der Waals surface area contributed by atoms with Crippen LogP contribution in [0.25, 0.3) is 0 Å². The van der Waals surface area contributed by atoms with Gasteiger partial charge in [-0.15, -0.1) is 0 Å². The first-order valence-corrected chi connectivity index (χ1v) is 11.3. The Hall–Kier alpha value is -3.53. The average Bonchev–Trinajstić information content (AvgIpc) is 2.83. The van der Waals surface area contributed by atoms with Gasteiger partial charge in [0.25, 0.3) is 5.91 Å². The minimum Gasteiger partial charge on any atom is -0.496 e. The highest BCUT2D eigenvalue weighted by atomic mass is 16.5. The third kappa shape index (κ3) is 6.04. The molecule has 1 aliphatic carbocycles. The molecule has 1 fully saturated rings. The van der Waals surface area contributed by atoms with Crippen molar-refractivity contribution in [1.29, 1.82) is 5.26 Å². The summed E-state index contributed by atoms with van der Waals surface area (Å²) in [6, 6.07) is 12.9. The predicted molar refractivity (Wildman–Crippen MR) is 126 cm³/mol. The molecule has 0 aliphatic heterocycles. The smallest absolute Gasteiger partial charge is 0.306 e. The topological polar surface area (TPSA) is 111 Å². The van der Waals surface area contributed by atoms with E-state index < -0.39 is 5.97 Å². The Morgan fingerprint density at radius 2 is 1.91 bits per heavy atom. The first kappa shape index (κ1) is 24.1. The molecular weight excluding hydrogens is 418 g/mol. The van der Waals surface area contributed by atoms with Gasteiger partial charge in [-0.25, -0.2) is 0 Å². The van der Waals surface area contributed by atoms with E-state index in [-0.39, 0.29) is 17.9 Å². The highest BCUT2D eigenvalue weighted by Gasteiger charge is 2.26. The van der Waals surface area contributed by atoms with E-state index in [4.69, 9.17) is 9.84 Å². The number of amides is 1. The SMILES string of the molecule is COc1ccc(C#N)cc1C(C)Nc1ccc(C(=O)NC[C@H]2CC[C@H](C(=O)O)CC2)cc1C. The Balaban J connectivity index is 1.60. The van der Waals surface area contributed by atoms with Gasteiger partial charge < -0.3 is 20.5 Å². The molecule has 2 aromatic carbocycles. The van der Waals surface area contributed by atoms with Gasteiger partial charge in [0.2, 0.25) is 0 Å². The standard InChI is InChI=1S/C26H31N3O4/c1-16-12-21(25(30)28-15-18-4-7-20(8-5-18)26(31)32)9-10-23(16)29-17(2)22-13-19(14-27)6-11-24(22)33-3/h6,9-13,17-18,20,29H,4-5,7-8,15H2,1-3H3,(H,28,30)(H,31,32)/t17?,18-,20-. The summed E-state index contributed by atoms with van der Waals surface area (Å²) in [6.07, 6.45) is 3.01. The van der Waals surface area contributed by atoms with Crippen molar-refractivity contribution in [2.45, 2.75) is 45.6 Å². The van der Waals surface area contributed by atoms with Gasteiger partial charge in [-0.3, -0.25) is 9.59 Å². The fourth-order valence-electron chi connectivity index (χ4n) is 4.37. The lowest BCUT2D eigenvalue weighted by Crippen LogP contribution is -2.32. The van der Waals surface area contributed by atoms with Crippen LogP contribution in [-0.2, 0) is 4.79 Å². The van der Waals surface area contributed by atoms with E-state index in [1.807, 2.05) is 32.0 Å². The zero-order chi connectivity index (χ0) is 24.0. The van der Waals surface area contributed by atoms with Crippen molar-refractivity contribution in [3.05, 3.63) is 58.7 Å². The number of carboxylic acid groups (broad SMARTS) is 1. The summed E-state index contributed by atoms with van der Waals surface area (Å²) < 4.78 is 5.45. The predicted octanol–water partition coefficient (Wildman–Crippen LogP) is 4.67. The quantitative estimate of drug-likeness (QED) is 0.540. The van der Waals surface area contributed by atoms with Gasteiger partial charge in [0.15, 0.2) is 0 Å². The van der Waals surface area contributed by atoms with Crippen LogP contribution < -0.4 is 15.4 Å². The van der Waals surface area contributed by atoms with E-state index >= 15 is 0 Å². The summed E-state index contributed by atoms with van der Waals surface area (Å²) in [4.78, 5) is 23.7. The van der Waals surface area contributed by atoms with Gasteiger partial charge in [-0.05, 0) is 87.4 Å². The molecule has 3 N–H and O–H groups in total. The number of aliphatic carboxylic acids is 1. The molecular formula is C26H31N3O4. The van der Waals surface area contributed by atoms with E-state index in [2.05, 4.69) is 16.7 Å². The van der Waals surface area contributed by atoms with Crippen LogP contribution in [0.5, 0.6) is 5.75 Å². The van der Waals surface area contributed by atoms with E-state index in [0.717, 1.165) is 29.7 Å². The molecule has 2 aromatic rings. The van der Waals surface area contributed by atoms with E-state index in [0.29, 0.717) is 42.2 Å². The number of nitriles is 1. The van der Waals surface area contributed by atoms with Gasteiger partial charge in [0.1, 0.15) is 5.75 Å². The van der Waals surface area contributed by atoms with Crippen LogP contribution in [0.15, 0.2) is 36.4 Å².